The van der Waals surface area contributed by atoms with E-state index >= 15 is 0 Å². The fourth-order valence-corrected chi connectivity index (χ4v) is 1.55. The summed E-state index contributed by atoms with van der Waals surface area (Å²) in [6.45, 7) is 0. The van der Waals surface area contributed by atoms with Crippen LogP contribution in [0, 0.1) is 0 Å². The maximum Gasteiger partial charge on any atom is 0.225 e. The number of pyridine rings is 1. The number of allylic oxidation sites excluding steroid dienone is 2. The Labute approximate surface area is 89.3 Å². The molecule has 0 fully saturated rings. The topological polar surface area (TPSA) is 47.0 Å². The zero-order chi connectivity index (χ0) is 10.3. The van der Waals surface area contributed by atoms with Gasteiger partial charge in [0.05, 0.1) is 5.56 Å². The molecule has 1 aliphatic rings. The number of Topliss-reactive ketones (excluding diaryl/α,β-unsaturated/α-hetero) is 2. The third-order valence-electron chi connectivity index (χ3n) is 1.86. The average Bonchev–Trinajstić information content (AvgIpc) is 2.23. The normalized spacial score (nSPS) is 15.9. The molecule has 0 unspecified atom stereocenters. The van der Waals surface area contributed by atoms with Crippen LogP contribution in [0.4, 0.5) is 0 Å². The molecule has 0 aliphatic heterocycles. The first-order valence-corrected chi connectivity index (χ1v) is 4.48. The van der Waals surface area contributed by atoms with Crippen molar-refractivity contribution in [1.29, 1.82) is 0 Å². The Bertz CT molecular complexity index is 436. The Morgan fingerprint density at radius 2 is 1.71 bits per heavy atom. The van der Waals surface area contributed by atoms with Gasteiger partial charge in [0.2, 0.25) is 11.6 Å². The Balaban J connectivity index is 2.73. The minimum absolute atomic E-state index is 0.0619. The van der Waals surface area contributed by atoms with Crippen LogP contribution in [0.1, 0.15) is 20.8 Å². The van der Waals surface area contributed by atoms with E-state index in [-0.39, 0.29) is 21.3 Å². The van der Waals surface area contributed by atoms with Gasteiger partial charge in [0.25, 0.3) is 0 Å². The van der Waals surface area contributed by atoms with Crippen LogP contribution >= 0.6 is 23.2 Å². The molecular weight excluding hydrogens is 225 g/mol. The van der Waals surface area contributed by atoms with E-state index in [2.05, 4.69) is 4.98 Å². The Kier molecular flexibility index (Phi) is 2.13. The van der Waals surface area contributed by atoms with E-state index in [1.54, 1.807) is 6.07 Å². The van der Waals surface area contributed by atoms with Gasteiger partial charge in [-0.25, -0.2) is 0 Å². The van der Waals surface area contributed by atoms with Crippen LogP contribution in [0.15, 0.2) is 28.4 Å². The molecule has 3 nitrogen and oxygen atoms in total. The van der Waals surface area contributed by atoms with Gasteiger partial charge in [-0.15, -0.1) is 0 Å². The standard InChI is InChI=1S/C9H3Cl2NO2/c10-5-6(11)9(14)7-4(8(5)13)2-1-3-12-7/h1-3H. The highest BCUT2D eigenvalue weighted by molar-refractivity contribution is 6.59. The predicted molar refractivity (Wildman–Crippen MR) is 51.6 cm³/mol. The number of hydrogen-bond acceptors (Lipinski definition) is 3. The van der Waals surface area contributed by atoms with Gasteiger partial charge in [0, 0.05) is 6.20 Å². The minimum atomic E-state index is -0.508. The van der Waals surface area contributed by atoms with E-state index in [4.69, 9.17) is 23.2 Å². The molecule has 0 saturated heterocycles. The van der Waals surface area contributed by atoms with Crippen LogP contribution in [0.3, 0.4) is 0 Å². The van der Waals surface area contributed by atoms with E-state index in [0.717, 1.165) is 0 Å². The molecular formula is C9H3Cl2NO2. The Hall–Kier alpha value is -1.19. The molecule has 1 aromatic heterocycles. The van der Waals surface area contributed by atoms with Gasteiger partial charge in [-0.3, -0.25) is 14.6 Å². The molecule has 0 spiro atoms. The van der Waals surface area contributed by atoms with Crippen molar-refractivity contribution in [2.45, 2.75) is 0 Å². The monoisotopic (exact) mass is 227 g/mol. The van der Waals surface area contributed by atoms with Crippen LogP contribution in [0.25, 0.3) is 0 Å². The average molecular weight is 228 g/mol. The predicted octanol–water partition coefficient (Wildman–Crippen LogP) is 2.15. The van der Waals surface area contributed by atoms with E-state index in [1.165, 1.54) is 12.3 Å². The third kappa shape index (κ3) is 1.17. The molecule has 0 aromatic carbocycles. The number of carbonyl (C=O) groups excluding carboxylic acids is 2. The summed E-state index contributed by atoms with van der Waals surface area (Å²) in [5.41, 5.74) is 0.263. The second-order valence-electron chi connectivity index (χ2n) is 2.69. The quantitative estimate of drug-likeness (QED) is 0.683. The number of carbonyl (C=O) groups is 2. The zero-order valence-electron chi connectivity index (χ0n) is 6.75. The fraction of sp³-hybridized carbons (Fsp3) is 0. The zero-order valence-corrected chi connectivity index (χ0v) is 8.26. The number of rotatable bonds is 0. The number of fused-ring (bicyclic) bond motifs is 1. The summed E-state index contributed by atoms with van der Waals surface area (Å²) in [6, 6.07) is 3.06. The summed E-state index contributed by atoms with van der Waals surface area (Å²) < 4.78 is 0. The largest absolute Gasteiger partial charge is 0.287 e. The van der Waals surface area contributed by atoms with E-state index < -0.39 is 11.6 Å². The number of nitrogens with zero attached hydrogens (tertiary/aromatic N) is 1. The Morgan fingerprint density at radius 3 is 2.43 bits per heavy atom. The van der Waals surface area contributed by atoms with Crippen molar-refractivity contribution >= 4 is 34.8 Å². The second kappa shape index (κ2) is 3.19. The highest BCUT2D eigenvalue weighted by atomic mass is 35.5. The van der Waals surface area contributed by atoms with Crippen LogP contribution in [0.2, 0.25) is 0 Å². The van der Waals surface area contributed by atoms with E-state index in [9.17, 15) is 9.59 Å². The SMILES string of the molecule is O=C1C(Cl)=C(Cl)C(=O)c2ncccc21. The second-order valence-corrected chi connectivity index (χ2v) is 3.44. The van der Waals surface area contributed by atoms with Gasteiger partial charge in [-0.1, -0.05) is 23.2 Å². The molecule has 0 radical (unpaired) electrons. The maximum atomic E-state index is 11.5. The molecule has 70 valence electrons. The number of hydrogen-bond donors (Lipinski definition) is 0. The first kappa shape index (κ1) is 9.37. The summed E-state index contributed by atoms with van der Waals surface area (Å²) in [6.07, 6.45) is 1.42. The first-order valence-electron chi connectivity index (χ1n) is 3.72. The summed E-state index contributed by atoms with van der Waals surface area (Å²) >= 11 is 11.2. The fourth-order valence-electron chi connectivity index (χ4n) is 1.19. The smallest absolute Gasteiger partial charge is 0.225 e. The Morgan fingerprint density at radius 1 is 1.07 bits per heavy atom. The molecule has 0 amide bonds. The molecule has 0 N–H and O–H groups in total. The van der Waals surface area contributed by atoms with Crippen LogP contribution in [-0.2, 0) is 0 Å². The molecule has 1 aliphatic carbocycles. The van der Waals surface area contributed by atoms with Crippen molar-refractivity contribution in [3.63, 3.8) is 0 Å². The van der Waals surface area contributed by atoms with Gasteiger partial charge in [-0.05, 0) is 12.1 Å². The van der Waals surface area contributed by atoms with Gasteiger partial charge < -0.3 is 0 Å². The van der Waals surface area contributed by atoms with Gasteiger partial charge >= 0.3 is 0 Å². The molecule has 0 bridgehead atoms. The number of aromatic nitrogens is 1. The minimum Gasteiger partial charge on any atom is -0.287 e. The molecule has 1 aromatic rings. The molecule has 0 atom stereocenters. The van der Waals surface area contributed by atoms with Crippen LogP contribution < -0.4 is 0 Å². The lowest BCUT2D eigenvalue weighted by Crippen LogP contribution is -2.18. The molecule has 14 heavy (non-hydrogen) atoms. The summed E-state index contributed by atoms with van der Waals surface area (Å²) in [5.74, 6) is -0.966. The lowest BCUT2D eigenvalue weighted by molar-refractivity contribution is 0.0983. The molecule has 1 heterocycles. The van der Waals surface area contributed by atoms with Crippen LogP contribution in [0.5, 0.6) is 0 Å². The van der Waals surface area contributed by atoms with Gasteiger partial charge in [-0.2, -0.15) is 0 Å². The third-order valence-corrected chi connectivity index (χ3v) is 2.68. The number of halogens is 2. The summed E-state index contributed by atoms with van der Waals surface area (Å²) in [4.78, 5) is 26.8. The van der Waals surface area contributed by atoms with Crippen molar-refractivity contribution in [1.82, 2.24) is 4.98 Å². The van der Waals surface area contributed by atoms with Crippen molar-refractivity contribution in [2.75, 3.05) is 0 Å². The van der Waals surface area contributed by atoms with E-state index in [1.807, 2.05) is 0 Å². The van der Waals surface area contributed by atoms with Gasteiger partial charge in [0.1, 0.15) is 15.8 Å². The van der Waals surface area contributed by atoms with Crippen molar-refractivity contribution in [3.8, 4) is 0 Å². The number of ketones is 2. The van der Waals surface area contributed by atoms with Crippen molar-refractivity contribution in [2.24, 2.45) is 0 Å². The van der Waals surface area contributed by atoms with Gasteiger partial charge in [0.15, 0.2) is 0 Å². The molecule has 2 rings (SSSR count). The van der Waals surface area contributed by atoms with E-state index in [0.29, 0.717) is 0 Å². The lowest BCUT2D eigenvalue weighted by atomic mass is 10.00. The molecule has 0 saturated carbocycles. The van der Waals surface area contributed by atoms with Crippen molar-refractivity contribution in [3.05, 3.63) is 39.7 Å². The summed E-state index contributed by atoms with van der Waals surface area (Å²) in [7, 11) is 0. The highest BCUT2D eigenvalue weighted by Gasteiger charge is 2.31. The van der Waals surface area contributed by atoms with Crippen molar-refractivity contribution < 1.29 is 9.59 Å². The maximum absolute atomic E-state index is 11.5. The summed E-state index contributed by atoms with van der Waals surface area (Å²) in [5, 5.41) is -0.500. The lowest BCUT2D eigenvalue weighted by Gasteiger charge is -2.11. The van der Waals surface area contributed by atoms with Crippen LogP contribution in [-0.4, -0.2) is 16.6 Å². The first-order chi connectivity index (χ1) is 6.63. The molecule has 5 heteroatoms. The highest BCUT2D eigenvalue weighted by Crippen LogP contribution is 2.28.